The number of carbonyl (C=O) groups is 1. The monoisotopic (exact) mass is 266 g/mol. The van der Waals surface area contributed by atoms with Gasteiger partial charge in [-0.25, -0.2) is 4.79 Å². The van der Waals surface area contributed by atoms with E-state index in [1.807, 2.05) is 19.2 Å². The van der Waals surface area contributed by atoms with E-state index >= 15 is 0 Å². The van der Waals surface area contributed by atoms with Crippen LogP contribution in [0.5, 0.6) is 0 Å². The summed E-state index contributed by atoms with van der Waals surface area (Å²) in [6.07, 6.45) is 1.48. The van der Waals surface area contributed by atoms with Gasteiger partial charge in [0.05, 0.1) is 5.69 Å². The lowest BCUT2D eigenvalue weighted by atomic mass is 9.84. The van der Waals surface area contributed by atoms with E-state index in [4.69, 9.17) is 16.3 Å². The molecule has 1 amide bonds. The zero-order valence-electron chi connectivity index (χ0n) is 10.2. The highest BCUT2D eigenvalue weighted by molar-refractivity contribution is 6.30. The number of ether oxygens (including phenoxy) is 1. The van der Waals surface area contributed by atoms with Crippen LogP contribution in [0.2, 0.25) is 5.02 Å². The Morgan fingerprint density at radius 1 is 1.50 bits per heavy atom. The van der Waals surface area contributed by atoms with Crippen molar-refractivity contribution in [2.24, 2.45) is 0 Å². The fourth-order valence-corrected chi connectivity index (χ4v) is 3.07. The summed E-state index contributed by atoms with van der Waals surface area (Å²) in [6.45, 7) is 1.75. The molecule has 1 N–H and O–H groups in total. The van der Waals surface area contributed by atoms with Gasteiger partial charge < -0.3 is 9.64 Å². The first kappa shape index (κ1) is 11.8. The number of hydrogen-bond acceptors (Lipinski definition) is 3. The van der Waals surface area contributed by atoms with Gasteiger partial charge in [-0.15, -0.1) is 0 Å². The van der Waals surface area contributed by atoms with Crippen molar-refractivity contribution >= 4 is 23.4 Å². The van der Waals surface area contributed by atoms with Gasteiger partial charge in [0.1, 0.15) is 0 Å². The van der Waals surface area contributed by atoms with E-state index in [9.17, 15) is 4.79 Å². The van der Waals surface area contributed by atoms with Crippen LogP contribution >= 0.6 is 11.6 Å². The van der Waals surface area contributed by atoms with Crippen LogP contribution in [0.1, 0.15) is 18.4 Å². The van der Waals surface area contributed by atoms with Gasteiger partial charge in [0.2, 0.25) is 0 Å². The summed E-state index contributed by atoms with van der Waals surface area (Å²) in [7, 11) is 2.04. The molecule has 3 rings (SSSR count). The fraction of sp³-hybridized carbons (Fsp3) is 0.462. The predicted octanol–water partition coefficient (Wildman–Crippen LogP) is 2.82. The molecule has 0 aromatic heterocycles. The van der Waals surface area contributed by atoms with Crippen molar-refractivity contribution in [2.45, 2.75) is 18.4 Å². The number of carbonyl (C=O) groups excluding carboxylic acids is 1. The summed E-state index contributed by atoms with van der Waals surface area (Å²) in [4.78, 5) is 13.9. The number of halogens is 1. The lowest BCUT2D eigenvalue weighted by molar-refractivity contribution is -0.0395. The van der Waals surface area contributed by atoms with E-state index in [1.165, 1.54) is 0 Å². The third kappa shape index (κ3) is 1.85. The summed E-state index contributed by atoms with van der Waals surface area (Å²) >= 11 is 6.07. The van der Waals surface area contributed by atoms with Crippen LogP contribution in [0.15, 0.2) is 18.2 Å². The third-order valence-electron chi connectivity index (χ3n) is 3.64. The quantitative estimate of drug-likeness (QED) is 0.785. The van der Waals surface area contributed by atoms with Gasteiger partial charge in [-0.1, -0.05) is 11.6 Å². The average molecular weight is 267 g/mol. The molecule has 18 heavy (non-hydrogen) atoms. The first-order valence-electron chi connectivity index (χ1n) is 6.08. The molecular weight excluding hydrogens is 252 g/mol. The topological polar surface area (TPSA) is 41.6 Å². The Morgan fingerprint density at radius 2 is 2.33 bits per heavy atom. The number of amides is 1. The average Bonchev–Trinajstić information content (AvgIpc) is 2.30. The molecule has 5 heteroatoms. The molecule has 1 fully saturated rings. The standard InChI is InChI=1S/C13H15ClN2O2/c1-16-6-2-5-13(8-16)10-7-9(14)3-4-11(10)15-12(17)18-13/h3-4,7H,2,5-6,8H2,1H3,(H,15,17). The highest BCUT2D eigenvalue weighted by Gasteiger charge is 2.44. The number of piperidine rings is 1. The Balaban J connectivity index is 2.10. The molecule has 1 spiro atoms. The van der Waals surface area contributed by atoms with Crippen molar-refractivity contribution < 1.29 is 9.53 Å². The number of fused-ring (bicyclic) bond motifs is 2. The molecule has 0 saturated carbocycles. The normalized spacial score (nSPS) is 27.6. The molecule has 2 aliphatic heterocycles. The van der Waals surface area contributed by atoms with Gasteiger partial charge in [0.15, 0.2) is 5.60 Å². The molecule has 1 atom stereocenters. The van der Waals surface area contributed by atoms with Crippen molar-refractivity contribution in [1.29, 1.82) is 0 Å². The molecule has 1 unspecified atom stereocenters. The number of benzene rings is 1. The van der Waals surface area contributed by atoms with Gasteiger partial charge in [-0.2, -0.15) is 0 Å². The van der Waals surface area contributed by atoms with E-state index < -0.39 is 5.60 Å². The summed E-state index contributed by atoms with van der Waals surface area (Å²) in [5, 5.41) is 3.40. The summed E-state index contributed by atoms with van der Waals surface area (Å²) in [6, 6.07) is 5.52. The Bertz CT molecular complexity index is 506. The Kier molecular flexibility index (Phi) is 2.72. The predicted molar refractivity (Wildman–Crippen MR) is 70.0 cm³/mol. The molecule has 4 nitrogen and oxygen atoms in total. The van der Waals surface area contributed by atoms with E-state index in [1.54, 1.807) is 6.07 Å². The van der Waals surface area contributed by atoms with E-state index in [-0.39, 0.29) is 6.09 Å². The number of hydrogen-bond donors (Lipinski definition) is 1. The maximum Gasteiger partial charge on any atom is 0.412 e. The molecule has 2 heterocycles. The maximum atomic E-state index is 11.7. The van der Waals surface area contributed by atoms with Crippen molar-refractivity contribution in [1.82, 2.24) is 4.90 Å². The molecule has 96 valence electrons. The van der Waals surface area contributed by atoms with Crippen molar-refractivity contribution in [3.05, 3.63) is 28.8 Å². The number of likely N-dealkylation sites (tertiary alicyclic amines) is 1. The number of likely N-dealkylation sites (N-methyl/N-ethyl adjacent to an activating group) is 1. The minimum absolute atomic E-state index is 0.375. The second kappa shape index (κ2) is 4.14. The van der Waals surface area contributed by atoms with Gasteiger partial charge >= 0.3 is 6.09 Å². The van der Waals surface area contributed by atoms with Crippen LogP contribution in [-0.2, 0) is 10.3 Å². The smallest absolute Gasteiger partial charge is 0.412 e. The van der Waals surface area contributed by atoms with Crippen LogP contribution in [-0.4, -0.2) is 31.1 Å². The first-order valence-corrected chi connectivity index (χ1v) is 6.45. The highest BCUT2D eigenvalue weighted by atomic mass is 35.5. The summed E-state index contributed by atoms with van der Waals surface area (Å²) < 4.78 is 5.62. The third-order valence-corrected chi connectivity index (χ3v) is 3.88. The Morgan fingerprint density at radius 3 is 3.11 bits per heavy atom. The zero-order chi connectivity index (χ0) is 12.8. The lowest BCUT2D eigenvalue weighted by Crippen LogP contribution is -2.50. The molecule has 0 bridgehead atoms. The van der Waals surface area contributed by atoms with Gasteiger partial charge in [-0.05, 0) is 44.6 Å². The van der Waals surface area contributed by atoms with E-state index in [0.29, 0.717) is 11.6 Å². The number of rotatable bonds is 0. The van der Waals surface area contributed by atoms with Gasteiger partial charge in [0.25, 0.3) is 0 Å². The van der Waals surface area contributed by atoms with Crippen LogP contribution in [0, 0.1) is 0 Å². The van der Waals surface area contributed by atoms with E-state index in [2.05, 4.69) is 10.2 Å². The molecule has 1 saturated heterocycles. The second-order valence-electron chi connectivity index (χ2n) is 5.04. The number of anilines is 1. The van der Waals surface area contributed by atoms with E-state index in [0.717, 1.165) is 30.6 Å². The fourth-order valence-electron chi connectivity index (χ4n) is 2.90. The van der Waals surface area contributed by atoms with Crippen LogP contribution in [0.4, 0.5) is 10.5 Å². The van der Waals surface area contributed by atoms with Crippen molar-refractivity contribution in [3.8, 4) is 0 Å². The number of nitrogens with one attached hydrogen (secondary N) is 1. The minimum Gasteiger partial charge on any atom is -0.436 e. The minimum atomic E-state index is -0.546. The van der Waals surface area contributed by atoms with Crippen molar-refractivity contribution in [2.75, 3.05) is 25.5 Å². The van der Waals surface area contributed by atoms with Gasteiger partial charge in [-0.3, -0.25) is 5.32 Å². The molecular formula is C13H15ClN2O2. The first-order chi connectivity index (χ1) is 8.59. The Labute approximate surface area is 111 Å². The molecule has 2 aliphatic rings. The maximum absolute atomic E-state index is 11.7. The second-order valence-corrected chi connectivity index (χ2v) is 5.48. The molecule has 0 aliphatic carbocycles. The molecule has 1 aromatic rings. The molecule has 1 aromatic carbocycles. The zero-order valence-corrected chi connectivity index (χ0v) is 11.0. The van der Waals surface area contributed by atoms with Crippen LogP contribution < -0.4 is 5.32 Å². The lowest BCUT2D eigenvalue weighted by Gasteiger charge is -2.44. The summed E-state index contributed by atoms with van der Waals surface area (Å²) in [5.74, 6) is 0. The van der Waals surface area contributed by atoms with Gasteiger partial charge in [0, 0.05) is 17.1 Å². The molecule has 0 radical (unpaired) electrons. The largest absolute Gasteiger partial charge is 0.436 e. The highest BCUT2D eigenvalue weighted by Crippen LogP contribution is 2.42. The van der Waals surface area contributed by atoms with Crippen LogP contribution in [0.3, 0.4) is 0 Å². The number of nitrogens with zero attached hydrogens (tertiary/aromatic N) is 1. The SMILES string of the molecule is CN1CCCC2(C1)OC(=O)Nc1ccc(Cl)cc12. The Hall–Kier alpha value is -1.26. The van der Waals surface area contributed by atoms with Crippen molar-refractivity contribution in [3.63, 3.8) is 0 Å². The van der Waals surface area contributed by atoms with Crippen LogP contribution in [0.25, 0.3) is 0 Å². The summed E-state index contributed by atoms with van der Waals surface area (Å²) in [5.41, 5.74) is 1.25.